The van der Waals surface area contributed by atoms with Gasteiger partial charge in [0.1, 0.15) is 0 Å². The number of hydrogen-bond acceptors (Lipinski definition) is 1. The van der Waals surface area contributed by atoms with E-state index in [2.05, 4.69) is 290 Å². The van der Waals surface area contributed by atoms with Crippen LogP contribution in [0.4, 0.5) is 17.1 Å². The third kappa shape index (κ3) is 6.78. The number of nitrogens with zero attached hydrogens (tertiary/aromatic N) is 1. The molecule has 0 amide bonds. The molecule has 12 aromatic rings. The molecule has 1 heteroatoms. The predicted molar refractivity (Wildman–Crippen MR) is 295 cm³/mol. The number of rotatable bonds is 9. The van der Waals surface area contributed by atoms with Crippen molar-refractivity contribution in [2.75, 3.05) is 4.90 Å². The number of benzene rings is 12. The molecule has 0 N–H and O–H groups in total. The average molecular weight is 890 g/mol. The van der Waals surface area contributed by atoms with Gasteiger partial charge in [0.15, 0.2) is 0 Å². The molecule has 328 valence electrons. The predicted octanol–water partition coefficient (Wildman–Crippen LogP) is 18.5. The highest BCUT2D eigenvalue weighted by molar-refractivity contribution is 6.22. The smallest absolute Gasteiger partial charge is 0.0713 e. The van der Waals surface area contributed by atoms with E-state index in [0.29, 0.717) is 0 Å². The summed E-state index contributed by atoms with van der Waals surface area (Å²) in [7, 11) is 0. The minimum atomic E-state index is -0.471. The van der Waals surface area contributed by atoms with Gasteiger partial charge in [-0.25, -0.2) is 0 Å². The second-order valence-electron chi connectivity index (χ2n) is 18.3. The van der Waals surface area contributed by atoms with E-state index in [9.17, 15) is 0 Å². The van der Waals surface area contributed by atoms with Crippen molar-refractivity contribution in [1.29, 1.82) is 0 Å². The Bertz CT molecular complexity index is 3800. The minimum absolute atomic E-state index is 0.471. The lowest BCUT2D eigenvalue weighted by Gasteiger charge is -2.34. The van der Waals surface area contributed by atoms with Crippen molar-refractivity contribution >= 4 is 38.6 Å². The molecule has 0 saturated carbocycles. The van der Waals surface area contributed by atoms with Gasteiger partial charge in [-0.05, 0) is 142 Å². The summed E-state index contributed by atoms with van der Waals surface area (Å²) in [5.74, 6) is 0. The molecule has 0 heterocycles. The summed E-state index contributed by atoms with van der Waals surface area (Å²) in [5, 5.41) is 5.01. The Balaban J connectivity index is 0.984. The molecule has 0 aliphatic heterocycles. The lowest BCUT2D eigenvalue weighted by atomic mass is 9.68. The summed E-state index contributed by atoms with van der Waals surface area (Å²) < 4.78 is 0. The van der Waals surface area contributed by atoms with Gasteiger partial charge in [0, 0.05) is 17.1 Å². The second-order valence-corrected chi connectivity index (χ2v) is 18.3. The van der Waals surface area contributed by atoms with Gasteiger partial charge in [-0.3, -0.25) is 0 Å². The highest BCUT2D eigenvalue weighted by Gasteiger charge is 2.46. The Kier molecular flexibility index (Phi) is 10.1. The van der Waals surface area contributed by atoms with Crippen molar-refractivity contribution in [1.82, 2.24) is 0 Å². The van der Waals surface area contributed by atoms with Gasteiger partial charge in [-0.2, -0.15) is 0 Å². The Morgan fingerprint density at radius 3 is 1.33 bits per heavy atom. The molecule has 0 unspecified atom stereocenters. The second kappa shape index (κ2) is 17.2. The molecule has 0 radical (unpaired) electrons. The molecular formula is C69H47N. The summed E-state index contributed by atoms with van der Waals surface area (Å²) in [4.78, 5) is 2.43. The first-order chi connectivity index (χ1) is 34.7. The average Bonchev–Trinajstić information content (AvgIpc) is 3.74. The van der Waals surface area contributed by atoms with Gasteiger partial charge in [0.2, 0.25) is 0 Å². The third-order valence-electron chi connectivity index (χ3n) is 14.5. The van der Waals surface area contributed by atoms with Crippen LogP contribution in [0.1, 0.15) is 22.3 Å². The van der Waals surface area contributed by atoms with Gasteiger partial charge in [-0.15, -0.1) is 0 Å². The van der Waals surface area contributed by atoms with Crippen LogP contribution in [0.25, 0.3) is 77.2 Å². The van der Waals surface area contributed by atoms with E-state index in [0.717, 1.165) is 22.6 Å². The molecule has 0 spiro atoms. The Hall–Kier alpha value is -9.04. The van der Waals surface area contributed by atoms with Gasteiger partial charge in [0.05, 0.1) is 5.41 Å². The van der Waals surface area contributed by atoms with Crippen molar-refractivity contribution in [2.24, 2.45) is 0 Å². The SMILES string of the molecule is c1ccc(-c2cccc(N(c3ccc(-c4ccc5c(c4)c(-c4ccccc4)c(-c4ccccc4)c4ccccc45)cc3)c3ccc4c(c3)-c3ccccc3C4(c3ccccc3)c3ccccc3)c2)cc1. The summed E-state index contributed by atoms with van der Waals surface area (Å²) in [6.45, 7) is 0. The van der Waals surface area contributed by atoms with Gasteiger partial charge >= 0.3 is 0 Å². The number of hydrogen-bond donors (Lipinski definition) is 0. The normalized spacial score (nSPS) is 12.4. The third-order valence-corrected chi connectivity index (χ3v) is 14.5. The van der Waals surface area contributed by atoms with Crippen molar-refractivity contribution in [2.45, 2.75) is 5.41 Å². The highest BCUT2D eigenvalue weighted by Crippen LogP contribution is 2.57. The van der Waals surface area contributed by atoms with Crippen LogP contribution in [-0.2, 0) is 5.41 Å². The summed E-state index contributed by atoms with van der Waals surface area (Å²) in [6.07, 6.45) is 0. The molecule has 0 atom stereocenters. The van der Waals surface area contributed by atoms with E-state index >= 15 is 0 Å². The van der Waals surface area contributed by atoms with Crippen molar-refractivity contribution in [3.05, 3.63) is 307 Å². The maximum atomic E-state index is 2.43. The quantitative estimate of drug-likeness (QED) is 0.131. The fraction of sp³-hybridized carbons (Fsp3) is 0.0145. The summed E-state index contributed by atoms with van der Waals surface area (Å²) in [5.41, 5.74) is 20.1. The van der Waals surface area contributed by atoms with E-state index in [-0.39, 0.29) is 0 Å². The standard InChI is InChI=1S/C69H47N/c1-6-21-48(22-7-1)52-27-20-32-57(45-52)70(58-42-44-66-63(47-58)61-34-18-19-36-65(61)69(66,54-28-12-4-13-29-54)55-30-14-5-15-31-55)56-40-37-49(38-41-56)53-39-43-60-59-33-16-17-35-62(59)67(50-23-8-2-9-24-50)68(64(60)46-53)51-25-10-3-11-26-51/h1-47H. The summed E-state index contributed by atoms with van der Waals surface area (Å²) in [6, 6.07) is 105. The molecule has 1 aliphatic rings. The molecule has 0 fully saturated rings. The zero-order valence-corrected chi connectivity index (χ0v) is 38.6. The van der Waals surface area contributed by atoms with Crippen LogP contribution >= 0.6 is 0 Å². The fourth-order valence-electron chi connectivity index (χ4n) is 11.5. The maximum Gasteiger partial charge on any atom is 0.0713 e. The fourth-order valence-corrected chi connectivity index (χ4v) is 11.5. The van der Waals surface area contributed by atoms with E-state index in [1.807, 2.05) is 0 Å². The van der Waals surface area contributed by atoms with Gasteiger partial charge in [-0.1, -0.05) is 243 Å². The van der Waals surface area contributed by atoms with Gasteiger partial charge in [0.25, 0.3) is 0 Å². The largest absolute Gasteiger partial charge is 0.310 e. The number of fused-ring (bicyclic) bond motifs is 6. The first-order valence-corrected chi connectivity index (χ1v) is 24.2. The van der Waals surface area contributed by atoms with Crippen LogP contribution in [0, 0.1) is 0 Å². The molecule has 1 nitrogen and oxygen atoms in total. The lowest BCUT2D eigenvalue weighted by Crippen LogP contribution is -2.28. The molecule has 70 heavy (non-hydrogen) atoms. The Morgan fingerprint density at radius 1 is 0.229 bits per heavy atom. The lowest BCUT2D eigenvalue weighted by molar-refractivity contribution is 0.768. The molecule has 0 aromatic heterocycles. The molecular weight excluding hydrogens is 843 g/mol. The van der Waals surface area contributed by atoms with Crippen molar-refractivity contribution < 1.29 is 0 Å². The van der Waals surface area contributed by atoms with Crippen LogP contribution in [0.2, 0.25) is 0 Å². The van der Waals surface area contributed by atoms with Crippen molar-refractivity contribution in [3.8, 4) is 55.6 Å². The maximum absolute atomic E-state index is 2.43. The van der Waals surface area contributed by atoms with Crippen LogP contribution in [0.15, 0.2) is 285 Å². The van der Waals surface area contributed by atoms with E-state index in [4.69, 9.17) is 0 Å². The zero-order valence-electron chi connectivity index (χ0n) is 38.6. The zero-order chi connectivity index (χ0) is 46.4. The Morgan fingerprint density at radius 2 is 0.671 bits per heavy atom. The van der Waals surface area contributed by atoms with Crippen LogP contribution < -0.4 is 4.90 Å². The van der Waals surface area contributed by atoms with Gasteiger partial charge < -0.3 is 4.90 Å². The molecule has 13 rings (SSSR count). The van der Waals surface area contributed by atoms with E-state index in [1.54, 1.807) is 0 Å². The highest BCUT2D eigenvalue weighted by atomic mass is 15.1. The molecule has 0 saturated heterocycles. The first-order valence-electron chi connectivity index (χ1n) is 24.2. The van der Waals surface area contributed by atoms with E-state index < -0.39 is 5.41 Å². The molecule has 12 aromatic carbocycles. The molecule has 0 bridgehead atoms. The number of anilines is 3. The Labute approximate surface area is 409 Å². The minimum Gasteiger partial charge on any atom is -0.310 e. The van der Waals surface area contributed by atoms with Crippen LogP contribution in [0.5, 0.6) is 0 Å². The van der Waals surface area contributed by atoms with E-state index in [1.165, 1.54) is 93.9 Å². The topological polar surface area (TPSA) is 3.24 Å². The molecule has 1 aliphatic carbocycles. The first kappa shape index (κ1) is 41.2. The summed E-state index contributed by atoms with van der Waals surface area (Å²) >= 11 is 0. The monoisotopic (exact) mass is 889 g/mol. The van der Waals surface area contributed by atoms with Crippen LogP contribution in [0.3, 0.4) is 0 Å². The van der Waals surface area contributed by atoms with Crippen molar-refractivity contribution in [3.63, 3.8) is 0 Å². The van der Waals surface area contributed by atoms with Crippen LogP contribution in [-0.4, -0.2) is 0 Å².